The molecule has 0 bridgehead atoms. The molecule has 4 atom stereocenters. The Morgan fingerprint density at radius 3 is 2.76 bits per heavy atom. The molecule has 0 radical (unpaired) electrons. The Kier molecular flexibility index (Phi) is 3.87. The van der Waals surface area contributed by atoms with Crippen LogP contribution in [0.2, 0.25) is 0 Å². The summed E-state index contributed by atoms with van der Waals surface area (Å²) in [5, 5.41) is 0. The molecule has 1 aliphatic heterocycles. The minimum absolute atomic E-state index is 0.222. The van der Waals surface area contributed by atoms with Crippen LogP contribution in [-0.4, -0.2) is 18.4 Å². The summed E-state index contributed by atoms with van der Waals surface area (Å²) in [7, 11) is 0. The summed E-state index contributed by atoms with van der Waals surface area (Å²) in [4.78, 5) is 11.0. The highest BCUT2D eigenvalue weighted by atomic mass is 16.7. The van der Waals surface area contributed by atoms with Crippen molar-refractivity contribution in [3.8, 4) is 0 Å². The van der Waals surface area contributed by atoms with Crippen LogP contribution in [0.3, 0.4) is 0 Å². The van der Waals surface area contributed by atoms with Crippen molar-refractivity contribution >= 4 is 5.97 Å². The van der Waals surface area contributed by atoms with E-state index in [4.69, 9.17) is 9.47 Å². The lowest BCUT2D eigenvalue weighted by atomic mass is 9.75. The van der Waals surface area contributed by atoms with Gasteiger partial charge >= 0.3 is 5.97 Å². The van der Waals surface area contributed by atoms with E-state index in [9.17, 15) is 4.79 Å². The topological polar surface area (TPSA) is 35.5 Å². The van der Waals surface area contributed by atoms with Gasteiger partial charge in [0.25, 0.3) is 0 Å². The van der Waals surface area contributed by atoms with E-state index in [1.165, 1.54) is 18.9 Å². The summed E-state index contributed by atoms with van der Waals surface area (Å²) in [6.07, 6.45) is 6.49. The number of rotatable bonds is 3. The summed E-state index contributed by atoms with van der Waals surface area (Å²) in [6.45, 7) is 6.75. The Morgan fingerprint density at radius 1 is 1.41 bits per heavy atom. The highest BCUT2D eigenvalue weighted by molar-refractivity contribution is 5.84. The molecule has 1 aliphatic carbocycles. The number of carbonyl (C=O) groups excluding carboxylic acids is 1. The van der Waals surface area contributed by atoms with Crippen molar-refractivity contribution in [2.75, 3.05) is 0 Å². The molecule has 2 rings (SSSR count). The summed E-state index contributed by atoms with van der Waals surface area (Å²) >= 11 is 0. The number of ether oxygens (including phenoxy) is 2. The van der Waals surface area contributed by atoms with Crippen molar-refractivity contribution in [1.82, 2.24) is 0 Å². The predicted molar refractivity (Wildman–Crippen MR) is 65.2 cm³/mol. The third-order valence-electron chi connectivity index (χ3n) is 3.89. The zero-order valence-corrected chi connectivity index (χ0v) is 10.9. The van der Waals surface area contributed by atoms with E-state index in [0.717, 1.165) is 6.42 Å². The van der Waals surface area contributed by atoms with E-state index in [2.05, 4.69) is 20.8 Å². The smallest absolute Gasteiger partial charge is 0.333 e. The fraction of sp³-hybridized carbons (Fsp3) is 0.786. The minimum atomic E-state index is -0.459. The maximum absolute atomic E-state index is 11.0. The average molecular weight is 238 g/mol. The van der Waals surface area contributed by atoms with Crippen LogP contribution in [0, 0.1) is 17.8 Å². The van der Waals surface area contributed by atoms with E-state index in [1.807, 2.05) is 0 Å². The Labute approximate surface area is 103 Å². The Bertz CT molecular complexity index is 309. The van der Waals surface area contributed by atoms with Crippen LogP contribution < -0.4 is 0 Å². The molecule has 3 heteroatoms. The van der Waals surface area contributed by atoms with Crippen molar-refractivity contribution < 1.29 is 14.3 Å². The van der Waals surface area contributed by atoms with Crippen molar-refractivity contribution in [2.45, 2.75) is 52.4 Å². The SMILES string of the molecule is CC(C)[C@@H]1CC[C@@H](C)C[C@H]1O[C@H]1C=CC(=O)O1. The molecule has 0 amide bonds. The first-order chi connectivity index (χ1) is 8.06. The van der Waals surface area contributed by atoms with Crippen LogP contribution in [0.5, 0.6) is 0 Å². The van der Waals surface area contributed by atoms with Crippen molar-refractivity contribution in [2.24, 2.45) is 17.8 Å². The number of hydrogen-bond acceptors (Lipinski definition) is 3. The van der Waals surface area contributed by atoms with Crippen LogP contribution in [0.1, 0.15) is 40.0 Å². The van der Waals surface area contributed by atoms with Crippen LogP contribution >= 0.6 is 0 Å². The summed E-state index contributed by atoms with van der Waals surface area (Å²) in [6, 6.07) is 0. The van der Waals surface area contributed by atoms with Gasteiger partial charge in [-0.1, -0.05) is 27.2 Å². The van der Waals surface area contributed by atoms with Gasteiger partial charge in [-0.05, 0) is 36.7 Å². The second-order valence-electron chi connectivity index (χ2n) is 5.67. The number of hydrogen-bond donors (Lipinski definition) is 0. The Morgan fingerprint density at radius 2 is 2.18 bits per heavy atom. The van der Waals surface area contributed by atoms with Gasteiger partial charge in [0.05, 0.1) is 6.10 Å². The molecule has 96 valence electrons. The molecule has 0 aromatic heterocycles. The average Bonchev–Trinajstić information content (AvgIpc) is 2.63. The lowest BCUT2D eigenvalue weighted by molar-refractivity contribution is -0.178. The van der Waals surface area contributed by atoms with E-state index in [0.29, 0.717) is 17.8 Å². The van der Waals surface area contributed by atoms with Gasteiger partial charge in [0.15, 0.2) is 0 Å². The second-order valence-corrected chi connectivity index (χ2v) is 5.67. The lowest BCUT2D eigenvalue weighted by Crippen LogP contribution is -2.36. The molecular formula is C14H22O3. The number of esters is 1. The van der Waals surface area contributed by atoms with Gasteiger partial charge in [0.2, 0.25) is 6.29 Å². The van der Waals surface area contributed by atoms with Crippen molar-refractivity contribution in [3.05, 3.63) is 12.2 Å². The second kappa shape index (κ2) is 5.21. The standard InChI is InChI=1S/C14H22O3/c1-9(2)11-5-4-10(3)8-12(11)16-14-7-6-13(15)17-14/h6-7,9-12,14H,4-5,8H2,1-3H3/t10-,11+,12-,14-/m1/s1. The van der Waals surface area contributed by atoms with Crippen LogP contribution in [0.15, 0.2) is 12.2 Å². The van der Waals surface area contributed by atoms with Gasteiger partial charge in [0.1, 0.15) is 0 Å². The van der Waals surface area contributed by atoms with E-state index >= 15 is 0 Å². The molecule has 0 N–H and O–H groups in total. The van der Waals surface area contributed by atoms with Crippen molar-refractivity contribution in [1.29, 1.82) is 0 Å². The molecule has 1 fully saturated rings. The van der Waals surface area contributed by atoms with Gasteiger partial charge < -0.3 is 9.47 Å². The van der Waals surface area contributed by atoms with E-state index in [1.54, 1.807) is 6.08 Å². The quantitative estimate of drug-likeness (QED) is 0.709. The zero-order valence-electron chi connectivity index (χ0n) is 10.9. The largest absolute Gasteiger partial charge is 0.429 e. The lowest BCUT2D eigenvalue weighted by Gasteiger charge is -2.37. The monoisotopic (exact) mass is 238 g/mol. The van der Waals surface area contributed by atoms with Gasteiger partial charge in [0, 0.05) is 6.08 Å². The van der Waals surface area contributed by atoms with E-state index < -0.39 is 6.29 Å². The van der Waals surface area contributed by atoms with Gasteiger partial charge in [-0.2, -0.15) is 0 Å². The Hall–Kier alpha value is -0.830. The number of carbonyl (C=O) groups is 1. The molecule has 0 aromatic rings. The first-order valence-corrected chi connectivity index (χ1v) is 6.60. The molecule has 0 saturated heterocycles. The maximum Gasteiger partial charge on any atom is 0.333 e. The molecule has 2 aliphatic rings. The normalized spacial score (nSPS) is 37.5. The maximum atomic E-state index is 11.0. The van der Waals surface area contributed by atoms with Crippen LogP contribution in [0.4, 0.5) is 0 Å². The Balaban J connectivity index is 1.95. The molecule has 0 aromatic carbocycles. The summed E-state index contributed by atoms with van der Waals surface area (Å²) < 4.78 is 11.0. The fourth-order valence-electron chi connectivity index (χ4n) is 2.87. The molecule has 1 heterocycles. The minimum Gasteiger partial charge on any atom is -0.429 e. The highest BCUT2D eigenvalue weighted by Gasteiger charge is 2.34. The van der Waals surface area contributed by atoms with Crippen LogP contribution in [-0.2, 0) is 14.3 Å². The fourth-order valence-corrected chi connectivity index (χ4v) is 2.87. The molecule has 17 heavy (non-hydrogen) atoms. The summed E-state index contributed by atoms with van der Waals surface area (Å²) in [5.41, 5.74) is 0. The predicted octanol–water partition coefficient (Wildman–Crippen LogP) is 2.90. The molecule has 3 nitrogen and oxygen atoms in total. The zero-order chi connectivity index (χ0) is 12.4. The van der Waals surface area contributed by atoms with Gasteiger partial charge in [-0.25, -0.2) is 4.79 Å². The first kappa shape index (κ1) is 12.6. The van der Waals surface area contributed by atoms with Gasteiger partial charge in [-0.3, -0.25) is 0 Å². The van der Waals surface area contributed by atoms with Crippen LogP contribution in [0.25, 0.3) is 0 Å². The first-order valence-electron chi connectivity index (χ1n) is 6.60. The summed E-state index contributed by atoms with van der Waals surface area (Å²) in [5.74, 6) is 1.61. The molecule has 1 saturated carbocycles. The van der Waals surface area contributed by atoms with Crippen molar-refractivity contribution in [3.63, 3.8) is 0 Å². The van der Waals surface area contributed by atoms with Gasteiger partial charge in [-0.15, -0.1) is 0 Å². The molecule has 0 spiro atoms. The third-order valence-corrected chi connectivity index (χ3v) is 3.89. The van der Waals surface area contributed by atoms with E-state index in [-0.39, 0.29) is 12.1 Å². The number of cyclic esters (lactones) is 1. The molecule has 0 unspecified atom stereocenters. The third kappa shape index (κ3) is 3.09. The molecular weight excluding hydrogens is 216 g/mol. The highest BCUT2D eigenvalue weighted by Crippen LogP contribution is 2.36.